The molecular formula is C15H19Br2NO. The second-order valence-electron chi connectivity index (χ2n) is 5.09. The highest BCUT2D eigenvalue weighted by atomic mass is 79.9. The SMILES string of the molecule is Cc1cc(C(=O)N(CCBr)C2CCCC2)ccc1Br. The van der Waals surface area contributed by atoms with E-state index in [4.69, 9.17) is 0 Å². The summed E-state index contributed by atoms with van der Waals surface area (Å²) in [6, 6.07) is 6.27. The highest BCUT2D eigenvalue weighted by Crippen LogP contribution is 2.26. The van der Waals surface area contributed by atoms with Crippen LogP contribution in [0.3, 0.4) is 0 Å². The summed E-state index contributed by atoms with van der Waals surface area (Å²) in [6.45, 7) is 2.81. The standard InChI is InChI=1S/C15H19Br2NO/c1-11-10-12(6-7-14(11)17)15(19)18(9-8-16)13-4-2-3-5-13/h6-7,10,13H,2-5,8-9H2,1H3. The zero-order valence-electron chi connectivity index (χ0n) is 11.2. The van der Waals surface area contributed by atoms with Crippen LogP contribution in [0.1, 0.15) is 41.6 Å². The third-order valence-electron chi connectivity index (χ3n) is 3.76. The van der Waals surface area contributed by atoms with Crippen molar-refractivity contribution in [3.63, 3.8) is 0 Å². The Morgan fingerprint density at radius 3 is 2.63 bits per heavy atom. The van der Waals surface area contributed by atoms with Crippen molar-refractivity contribution in [1.82, 2.24) is 4.90 Å². The molecule has 0 atom stereocenters. The average molecular weight is 389 g/mol. The molecule has 0 aromatic heterocycles. The van der Waals surface area contributed by atoms with Crippen LogP contribution in [0.15, 0.2) is 22.7 Å². The molecule has 0 heterocycles. The Morgan fingerprint density at radius 1 is 1.37 bits per heavy atom. The number of alkyl halides is 1. The van der Waals surface area contributed by atoms with Gasteiger partial charge in [-0.25, -0.2) is 0 Å². The molecule has 1 aromatic carbocycles. The molecule has 1 saturated carbocycles. The molecule has 0 unspecified atom stereocenters. The molecule has 1 amide bonds. The van der Waals surface area contributed by atoms with Gasteiger partial charge in [-0.05, 0) is 43.5 Å². The number of rotatable bonds is 4. The largest absolute Gasteiger partial charge is 0.335 e. The summed E-state index contributed by atoms with van der Waals surface area (Å²) in [5.41, 5.74) is 1.91. The molecule has 19 heavy (non-hydrogen) atoms. The summed E-state index contributed by atoms with van der Waals surface area (Å²) < 4.78 is 1.05. The molecule has 2 rings (SSSR count). The van der Waals surface area contributed by atoms with Gasteiger partial charge in [-0.1, -0.05) is 44.7 Å². The Morgan fingerprint density at radius 2 is 2.05 bits per heavy atom. The Balaban J connectivity index is 2.20. The highest BCUT2D eigenvalue weighted by molar-refractivity contribution is 9.10. The first-order chi connectivity index (χ1) is 9.13. The quantitative estimate of drug-likeness (QED) is 0.693. The molecule has 2 nitrogen and oxygen atoms in total. The number of carbonyl (C=O) groups is 1. The van der Waals surface area contributed by atoms with Crippen LogP contribution >= 0.6 is 31.9 Å². The summed E-state index contributed by atoms with van der Waals surface area (Å²) in [5.74, 6) is 0.168. The van der Waals surface area contributed by atoms with Crippen LogP contribution in [-0.4, -0.2) is 28.7 Å². The number of halogens is 2. The first-order valence-electron chi connectivity index (χ1n) is 6.76. The van der Waals surface area contributed by atoms with Gasteiger partial charge in [-0.2, -0.15) is 0 Å². The van der Waals surface area contributed by atoms with Gasteiger partial charge in [0.15, 0.2) is 0 Å². The van der Waals surface area contributed by atoms with E-state index in [0.717, 1.165) is 40.3 Å². The van der Waals surface area contributed by atoms with Crippen molar-refractivity contribution in [1.29, 1.82) is 0 Å². The van der Waals surface area contributed by atoms with Gasteiger partial charge in [0.25, 0.3) is 5.91 Å². The van der Waals surface area contributed by atoms with E-state index in [1.54, 1.807) is 0 Å². The van der Waals surface area contributed by atoms with Gasteiger partial charge in [0.2, 0.25) is 0 Å². The minimum absolute atomic E-state index is 0.168. The minimum atomic E-state index is 0.168. The summed E-state index contributed by atoms with van der Waals surface area (Å²) >= 11 is 6.94. The van der Waals surface area contributed by atoms with E-state index in [9.17, 15) is 4.79 Å². The van der Waals surface area contributed by atoms with Crippen molar-refractivity contribution in [3.05, 3.63) is 33.8 Å². The first-order valence-corrected chi connectivity index (χ1v) is 8.68. The van der Waals surface area contributed by atoms with E-state index in [1.807, 2.05) is 30.0 Å². The van der Waals surface area contributed by atoms with Crippen molar-refractivity contribution in [2.24, 2.45) is 0 Å². The van der Waals surface area contributed by atoms with E-state index in [0.29, 0.717) is 6.04 Å². The van der Waals surface area contributed by atoms with Crippen LogP contribution < -0.4 is 0 Å². The monoisotopic (exact) mass is 387 g/mol. The van der Waals surface area contributed by atoms with E-state index >= 15 is 0 Å². The Kier molecular flexibility index (Phi) is 5.46. The zero-order valence-corrected chi connectivity index (χ0v) is 14.3. The molecule has 1 aromatic rings. The van der Waals surface area contributed by atoms with Gasteiger partial charge >= 0.3 is 0 Å². The second-order valence-corrected chi connectivity index (χ2v) is 6.74. The predicted molar refractivity (Wildman–Crippen MR) is 86.0 cm³/mol. The second kappa shape index (κ2) is 6.89. The summed E-state index contributed by atoms with van der Waals surface area (Å²) in [4.78, 5) is 14.7. The molecular weight excluding hydrogens is 370 g/mol. The maximum atomic E-state index is 12.7. The van der Waals surface area contributed by atoms with Crippen LogP contribution in [0.4, 0.5) is 0 Å². The maximum absolute atomic E-state index is 12.7. The maximum Gasteiger partial charge on any atom is 0.254 e. The molecule has 0 spiro atoms. The molecule has 0 aliphatic heterocycles. The number of hydrogen-bond donors (Lipinski definition) is 0. The van der Waals surface area contributed by atoms with Crippen molar-refractivity contribution in [2.45, 2.75) is 38.6 Å². The fourth-order valence-corrected chi connectivity index (χ4v) is 3.33. The lowest BCUT2D eigenvalue weighted by molar-refractivity contribution is 0.0696. The average Bonchev–Trinajstić information content (AvgIpc) is 2.92. The topological polar surface area (TPSA) is 20.3 Å². The number of amides is 1. The predicted octanol–water partition coefficient (Wildman–Crippen LogP) is 4.54. The third kappa shape index (κ3) is 3.60. The van der Waals surface area contributed by atoms with Crippen molar-refractivity contribution in [2.75, 3.05) is 11.9 Å². The van der Waals surface area contributed by atoms with E-state index < -0.39 is 0 Å². The molecule has 1 aliphatic rings. The molecule has 4 heteroatoms. The lowest BCUT2D eigenvalue weighted by atomic mass is 10.1. The molecule has 0 saturated heterocycles. The van der Waals surface area contributed by atoms with Crippen molar-refractivity contribution in [3.8, 4) is 0 Å². The molecule has 104 valence electrons. The number of hydrogen-bond acceptors (Lipinski definition) is 1. The van der Waals surface area contributed by atoms with Crippen molar-refractivity contribution < 1.29 is 4.79 Å². The van der Waals surface area contributed by atoms with Crippen LogP contribution in [0.25, 0.3) is 0 Å². The minimum Gasteiger partial charge on any atom is -0.335 e. The summed E-state index contributed by atoms with van der Waals surface area (Å²) in [6.07, 6.45) is 4.79. The molecule has 1 aliphatic carbocycles. The normalized spacial score (nSPS) is 15.7. The molecule has 0 N–H and O–H groups in total. The lowest BCUT2D eigenvalue weighted by Crippen LogP contribution is -2.40. The first kappa shape index (κ1) is 15.0. The molecule has 1 fully saturated rings. The summed E-state index contributed by atoms with van der Waals surface area (Å²) in [7, 11) is 0. The number of aryl methyl sites for hydroxylation is 1. The number of nitrogens with zero attached hydrogens (tertiary/aromatic N) is 1. The lowest BCUT2D eigenvalue weighted by Gasteiger charge is -2.28. The third-order valence-corrected chi connectivity index (χ3v) is 5.00. The smallest absolute Gasteiger partial charge is 0.254 e. The van der Waals surface area contributed by atoms with E-state index in [-0.39, 0.29) is 5.91 Å². The van der Waals surface area contributed by atoms with E-state index in [1.165, 1.54) is 12.8 Å². The van der Waals surface area contributed by atoms with Gasteiger partial charge in [0.1, 0.15) is 0 Å². The summed E-state index contributed by atoms with van der Waals surface area (Å²) in [5, 5.41) is 0.838. The van der Waals surface area contributed by atoms with Crippen LogP contribution in [-0.2, 0) is 0 Å². The number of carbonyl (C=O) groups excluding carboxylic acids is 1. The van der Waals surface area contributed by atoms with Gasteiger partial charge in [0, 0.05) is 28.0 Å². The van der Waals surface area contributed by atoms with Gasteiger partial charge in [-0.3, -0.25) is 4.79 Å². The number of benzene rings is 1. The molecule has 0 radical (unpaired) electrons. The Hall–Kier alpha value is -0.350. The fraction of sp³-hybridized carbons (Fsp3) is 0.533. The highest BCUT2D eigenvalue weighted by Gasteiger charge is 2.26. The van der Waals surface area contributed by atoms with Crippen molar-refractivity contribution >= 4 is 37.8 Å². The fourth-order valence-electron chi connectivity index (χ4n) is 2.70. The van der Waals surface area contributed by atoms with Gasteiger partial charge in [0.05, 0.1) is 0 Å². The Labute approximate surface area is 131 Å². The van der Waals surface area contributed by atoms with Crippen LogP contribution in [0, 0.1) is 6.92 Å². The molecule has 0 bridgehead atoms. The van der Waals surface area contributed by atoms with E-state index in [2.05, 4.69) is 31.9 Å². The zero-order chi connectivity index (χ0) is 13.8. The Bertz CT molecular complexity index is 455. The van der Waals surface area contributed by atoms with Crippen LogP contribution in [0.5, 0.6) is 0 Å². The van der Waals surface area contributed by atoms with Crippen LogP contribution in [0.2, 0.25) is 0 Å². The van der Waals surface area contributed by atoms with Gasteiger partial charge < -0.3 is 4.90 Å². The van der Waals surface area contributed by atoms with Gasteiger partial charge in [-0.15, -0.1) is 0 Å².